The van der Waals surface area contributed by atoms with Gasteiger partial charge in [-0.15, -0.1) is 0 Å². The van der Waals surface area contributed by atoms with Crippen LogP contribution >= 0.6 is 0 Å². The highest BCUT2D eigenvalue weighted by Gasteiger charge is 2.26. The number of hydrogen-bond acceptors (Lipinski definition) is 2. The molecule has 0 aliphatic carbocycles. The molecule has 0 aliphatic rings. The molecule has 0 heterocycles. The monoisotopic (exact) mass is 228 g/mol. The lowest BCUT2D eigenvalue weighted by Crippen LogP contribution is -2.44. The number of likely N-dealkylation sites (N-methyl/N-ethyl adjacent to an activating group) is 2. The number of rotatable bonds is 4. The summed E-state index contributed by atoms with van der Waals surface area (Å²) in [6.07, 6.45) is 0. The fraction of sp³-hybridized carbons (Fsp3) is 0.833. The third kappa shape index (κ3) is 4.21. The van der Waals surface area contributed by atoms with E-state index in [0.717, 1.165) is 0 Å². The summed E-state index contributed by atoms with van der Waals surface area (Å²) in [6, 6.07) is 0. The maximum Gasteiger partial charge on any atom is 0.242 e. The standard InChI is InChI=1S/C12H24N2O2/c1-7-14(8-2)10(15)9-13(6)11(16)12(3,4)5/h7-9H2,1-6H3. The Hall–Kier alpha value is -1.06. The molecule has 4 nitrogen and oxygen atoms in total. The van der Waals surface area contributed by atoms with Crippen LogP contribution in [0.2, 0.25) is 0 Å². The number of nitrogens with zero attached hydrogens (tertiary/aromatic N) is 2. The van der Waals surface area contributed by atoms with E-state index in [-0.39, 0.29) is 18.4 Å². The molecule has 0 unspecified atom stereocenters. The van der Waals surface area contributed by atoms with Crippen LogP contribution in [0.4, 0.5) is 0 Å². The number of amides is 2. The molecular formula is C12H24N2O2. The van der Waals surface area contributed by atoms with E-state index >= 15 is 0 Å². The topological polar surface area (TPSA) is 40.6 Å². The van der Waals surface area contributed by atoms with Gasteiger partial charge in [0.1, 0.15) is 0 Å². The molecule has 0 saturated carbocycles. The smallest absolute Gasteiger partial charge is 0.242 e. The molecule has 0 spiro atoms. The van der Waals surface area contributed by atoms with Gasteiger partial charge < -0.3 is 9.80 Å². The van der Waals surface area contributed by atoms with Crippen molar-refractivity contribution in [2.75, 3.05) is 26.7 Å². The van der Waals surface area contributed by atoms with E-state index in [1.54, 1.807) is 11.9 Å². The molecule has 0 aromatic heterocycles. The second-order valence-electron chi connectivity index (χ2n) is 4.98. The maximum absolute atomic E-state index is 11.9. The van der Waals surface area contributed by atoms with Gasteiger partial charge in [-0.3, -0.25) is 9.59 Å². The lowest BCUT2D eigenvalue weighted by atomic mass is 9.95. The summed E-state index contributed by atoms with van der Waals surface area (Å²) in [5.41, 5.74) is -0.432. The van der Waals surface area contributed by atoms with Crippen LogP contribution in [0.25, 0.3) is 0 Å². The van der Waals surface area contributed by atoms with Gasteiger partial charge in [-0.05, 0) is 13.8 Å². The van der Waals surface area contributed by atoms with E-state index in [1.807, 2.05) is 34.6 Å². The van der Waals surface area contributed by atoms with Crippen molar-refractivity contribution in [3.05, 3.63) is 0 Å². The van der Waals surface area contributed by atoms with E-state index in [9.17, 15) is 9.59 Å². The molecule has 0 aromatic carbocycles. The van der Waals surface area contributed by atoms with Gasteiger partial charge in [0.15, 0.2) is 0 Å². The Bertz CT molecular complexity index is 252. The predicted octanol–water partition coefficient (Wildman–Crippen LogP) is 1.36. The van der Waals surface area contributed by atoms with Crippen molar-refractivity contribution in [1.29, 1.82) is 0 Å². The summed E-state index contributed by atoms with van der Waals surface area (Å²) in [6.45, 7) is 11.0. The Labute approximate surface area is 98.6 Å². The Morgan fingerprint density at radius 1 is 1.06 bits per heavy atom. The predicted molar refractivity (Wildman–Crippen MR) is 65.0 cm³/mol. The quantitative estimate of drug-likeness (QED) is 0.729. The molecule has 94 valence electrons. The SMILES string of the molecule is CCN(CC)C(=O)CN(C)C(=O)C(C)(C)C. The molecule has 0 atom stereocenters. The highest BCUT2D eigenvalue weighted by Crippen LogP contribution is 2.16. The maximum atomic E-state index is 11.9. The van der Waals surface area contributed by atoms with Crippen LogP contribution in [-0.4, -0.2) is 48.3 Å². The van der Waals surface area contributed by atoms with Crippen molar-refractivity contribution in [3.8, 4) is 0 Å². The van der Waals surface area contributed by atoms with Gasteiger partial charge in [0, 0.05) is 25.6 Å². The van der Waals surface area contributed by atoms with E-state index in [1.165, 1.54) is 4.90 Å². The molecule has 0 saturated heterocycles. The molecule has 0 N–H and O–H groups in total. The number of carbonyl (C=O) groups excluding carboxylic acids is 2. The normalized spacial score (nSPS) is 11.1. The lowest BCUT2D eigenvalue weighted by molar-refractivity contribution is -0.144. The summed E-state index contributed by atoms with van der Waals surface area (Å²) in [5.74, 6) is -0.00175. The largest absolute Gasteiger partial charge is 0.342 e. The van der Waals surface area contributed by atoms with Crippen LogP contribution in [-0.2, 0) is 9.59 Å². The van der Waals surface area contributed by atoms with Gasteiger partial charge in [0.25, 0.3) is 0 Å². The number of carbonyl (C=O) groups is 2. The van der Waals surface area contributed by atoms with Gasteiger partial charge in [-0.2, -0.15) is 0 Å². The van der Waals surface area contributed by atoms with E-state index < -0.39 is 5.41 Å². The zero-order valence-corrected chi connectivity index (χ0v) is 11.3. The Morgan fingerprint density at radius 3 is 1.81 bits per heavy atom. The molecule has 0 bridgehead atoms. The third-order valence-electron chi connectivity index (χ3n) is 2.48. The lowest BCUT2D eigenvalue weighted by Gasteiger charge is -2.27. The molecule has 0 rings (SSSR count). The minimum Gasteiger partial charge on any atom is -0.342 e. The molecule has 2 amide bonds. The first-order valence-corrected chi connectivity index (χ1v) is 5.77. The van der Waals surface area contributed by atoms with Gasteiger partial charge >= 0.3 is 0 Å². The van der Waals surface area contributed by atoms with Gasteiger partial charge in [0.05, 0.1) is 6.54 Å². The van der Waals surface area contributed by atoms with E-state index in [0.29, 0.717) is 13.1 Å². The minimum absolute atomic E-state index is 0.00472. The van der Waals surface area contributed by atoms with E-state index in [2.05, 4.69) is 0 Å². The molecular weight excluding hydrogens is 204 g/mol. The molecule has 4 heteroatoms. The fourth-order valence-electron chi connectivity index (χ4n) is 1.52. The number of hydrogen-bond donors (Lipinski definition) is 0. The van der Waals surface area contributed by atoms with Gasteiger partial charge in [-0.25, -0.2) is 0 Å². The average Bonchev–Trinajstić information content (AvgIpc) is 2.16. The summed E-state index contributed by atoms with van der Waals surface area (Å²) in [5, 5.41) is 0. The fourth-order valence-corrected chi connectivity index (χ4v) is 1.52. The van der Waals surface area contributed by atoms with Crippen molar-refractivity contribution in [1.82, 2.24) is 9.80 Å². The molecule has 0 fully saturated rings. The van der Waals surface area contributed by atoms with Gasteiger partial charge in [-0.1, -0.05) is 20.8 Å². The highest BCUT2D eigenvalue weighted by molar-refractivity contribution is 5.87. The molecule has 0 aliphatic heterocycles. The first-order chi connectivity index (χ1) is 7.23. The second-order valence-corrected chi connectivity index (χ2v) is 4.98. The Kier molecular flexibility index (Phi) is 5.48. The molecule has 0 aromatic rings. The van der Waals surface area contributed by atoms with Crippen molar-refractivity contribution >= 4 is 11.8 Å². The summed E-state index contributed by atoms with van der Waals surface area (Å²) < 4.78 is 0. The molecule has 0 radical (unpaired) electrons. The van der Waals surface area contributed by atoms with Gasteiger partial charge in [0.2, 0.25) is 11.8 Å². The average molecular weight is 228 g/mol. The van der Waals surface area contributed by atoms with Crippen LogP contribution in [0.15, 0.2) is 0 Å². The third-order valence-corrected chi connectivity index (χ3v) is 2.48. The van der Waals surface area contributed by atoms with E-state index in [4.69, 9.17) is 0 Å². The van der Waals surface area contributed by atoms with Crippen LogP contribution in [0, 0.1) is 5.41 Å². The summed E-state index contributed by atoms with van der Waals surface area (Å²) in [7, 11) is 1.68. The molecule has 16 heavy (non-hydrogen) atoms. The van der Waals surface area contributed by atoms with Crippen LogP contribution in [0.1, 0.15) is 34.6 Å². The Balaban J connectivity index is 4.40. The Morgan fingerprint density at radius 2 is 1.50 bits per heavy atom. The van der Waals surface area contributed by atoms with Crippen LogP contribution in [0.3, 0.4) is 0 Å². The highest BCUT2D eigenvalue weighted by atomic mass is 16.2. The van der Waals surface area contributed by atoms with Crippen molar-refractivity contribution in [3.63, 3.8) is 0 Å². The van der Waals surface area contributed by atoms with Crippen LogP contribution < -0.4 is 0 Å². The van der Waals surface area contributed by atoms with Crippen molar-refractivity contribution in [2.24, 2.45) is 5.41 Å². The zero-order valence-electron chi connectivity index (χ0n) is 11.3. The van der Waals surface area contributed by atoms with Crippen molar-refractivity contribution < 1.29 is 9.59 Å². The first-order valence-electron chi connectivity index (χ1n) is 5.77. The summed E-state index contributed by atoms with van der Waals surface area (Å²) >= 11 is 0. The van der Waals surface area contributed by atoms with Crippen LogP contribution in [0.5, 0.6) is 0 Å². The van der Waals surface area contributed by atoms with Crippen molar-refractivity contribution in [2.45, 2.75) is 34.6 Å². The zero-order chi connectivity index (χ0) is 12.9. The minimum atomic E-state index is -0.432. The first kappa shape index (κ1) is 14.9. The second kappa shape index (κ2) is 5.87. The summed E-state index contributed by atoms with van der Waals surface area (Å²) in [4.78, 5) is 26.9.